The van der Waals surface area contributed by atoms with E-state index in [0.29, 0.717) is 5.75 Å². The van der Waals surface area contributed by atoms with Crippen LogP contribution >= 0.6 is 11.6 Å². The fourth-order valence-electron chi connectivity index (χ4n) is 1.46. The van der Waals surface area contributed by atoms with E-state index in [-0.39, 0.29) is 16.3 Å². The molecule has 0 saturated carbocycles. The van der Waals surface area contributed by atoms with Crippen LogP contribution in [0.4, 0.5) is 0 Å². The third-order valence-corrected chi connectivity index (χ3v) is 5.26. The molecule has 0 spiro atoms. The van der Waals surface area contributed by atoms with E-state index in [1.807, 2.05) is 6.07 Å². The summed E-state index contributed by atoms with van der Waals surface area (Å²) in [6.45, 7) is 1.66. The molecular formula is C12H15ClN2O3S. The molecule has 7 heteroatoms. The summed E-state index contributed by atoms with van der Waals surface area (Å²) < 4.78 is 31.0. The zero-order valence-corrected chi connectivity index (χ0v) is 12.5. The smallest absolute Gasteiger partial charge is 0.244 e. The third kappa shape index (κ3) is 3.38. The van der Waals surface area contributed by atoms with Crippen molar-refractivity contribution in [2.45, 2.75) is 24.3 Å². The number of hydrogen-bond donors (Lipinski definition) is 0. The Labute approximate surface area is 118 Å². The van der Waals surface area contributed by atoms with Gasteiger partial charge in [0.1, 0.15) is 10.6 Å². The standard InChI is InChI=1S/C12H15ClN2O3S/c1-9(6-7-14)15(2)19(16,17)12-8-10(18-3)4-5-11(12)13/h4-5,8-9H,6H2,1-3H3/t9-/m1/s1. The molecule has 0 radical (unpaired) electrons. The van der Waals surface area contributed by atoms with Crippen molar-refractivity contribution in [3.05, 3.63) is 23.2 Å². The number of halogens is 1. The third-order valence-electron chi connectivity index (χ3n) is 2.80. The van der Waals surface area contributed by atoms with Crippen LogP contribution in [-0.4, -0.2) is 32.9 Å². The Morgan fingerprint density at radius 3 is 2.68 bits per heavy atom. The lowest BCUT2D eigenvalue weighted by molar-refractivity contribution is 0.391. The van der Waals surface area contributed by atoms with Crippen LogP contribution in [0.25, 0.3) is 0 Å². The van der Waals surface area contributed by atoms with Crippen molar-refractivity contribution in [3.63, 3.8) is 0 Å². The van der Waals surface area contributed by atoms with Gasteiger partial charge < -0.3 is 4.74 Å². The van der Waals surface area contributed by atoms with Crippen LogP contribution in [0.3, 0.4) is 0 Å². The minimum absolute atomic E-state index is 0.0270. The van der Waals surface area contributed by atoms with Gasteiger partial charge in [-0.15, -0.1) is 0 Å². The van der Waals surface area contributed by atoms with E-state index in [2.05, 4.69) is 0 Å². The minimum Gasteiger partial charge on any atom is -0.497 e. The van der Waals surface area contributed by atoms with Gasteiger partial charge in [0.2, 0.25) is 10.0 Å². The number of nitrogens with zero attached hydrogens (tertiary/aromatic N) is 2. The molecule has 1 atom stereocenters. The summed E-state index contributed by atoms with van der Waals surface area (Å²) in [6.07, 6.45) is 0.108. The molecule has 0 fully saturated rings. The molecular weight excluding hydrogens is 288 g/mol. The minimum atomic E-state index is -3.75. The molecule has 104 valence electrons. The quantitative estimate of drug-likeness (QED) is 0.836. The predicted molar refractivity (Wildman–Crippen MR) is 72.6 cm³/mol. The Balaban J connectivity index is 3.24. The summed E-state index contributed by atoms with van der Waals surface area (Å²) in [7, 11) is -0.884. The first-order valence-electron chi connectivity index (χ1n) is 5.53. The molecule has 0 unspecified atom stereocenters. The van der Waals surface area contributed by atoms with Gasteiger partial charge in [0.25, 0.3) is 0 Å². The lowest BCUT2D eigenvalue weighted by atomic mass is 10.3. The Hall–Kier alpha value is -1.29. The van der Waals surface area contributed by atoms with Crippen molar-refractivity contribution >= 4 is 21.6 Å². The summed E-state index contributed by atoms with van der Waals surface area (Å²) in [6, 6.07) is 5.93. The van der Waals surface area contributed by atoms with Gasteiger partial charge in [0, 0.05) is 19.2 Å². The van der Waals surface area contributed by atoms with Crippen molar-refractivity contribution in [1.29, 1.82) is 5.26 Å². The van der Waals surface area contributed by atoms with Crippen LogP contribution in [-0.2, 0) is 10.0 Å². The largest absolute Gasteiger partial charge is 0.497 e. The highest BCUT2D eigenvalue weighted by Gasteiger charge is 2.27. The molecule has 0 saturated heterocycles. The molecule has 1 aromatic carbocycles. The molecule has 0 aliphatic carbocycles. The molecule has 5 nitrogen and oxygen atoms in total. The molecule has 0 aromatic heterocycles. The summed E-state index contributed by atoms with van der Waals surface area (Å²) >= 11 is 5.94. The van der Waals surface area contributed by atoms with E-state index >= 15 is 0 Å². The first-order valence-corrected chi connectivity index (χ1v) is 7.35. The molecule has 0 aliphatic heterocycles. The van der Waals surface area contributed by atoms with Crippen molar-refractivity contribution in [2.24, 2.45) is 0 Å². The Kier molecular flexibility index (Phi) is 5.18. The number of methoxy groups -OCH3 is 1. The van der Waals surface area contributed by atoms with E-state index in [1.165, 1.54) is 26.3 Å². The van der Waals surface area contributed by atoms with Crippen LogP contribution in [0.15, 0.2) is 23.1 Å². The summed E-state index contributed by atoms with van der Waals surface area (Å²) in [4.78, 5) is -0.0270. The highest BCUT2D eigenvalue weighted by atomic mass is 35.5. The zero-order valence-electron chi connectivity index (χ0n) is 10.9. The Bertz CT molecular complexity index is 595. The van der Waals surface area contributed by atoms with E-state index < -0.39 is 16.1 Å². The van der Waals surface area contributed by atoms with Gasteiger partial charge in [-0.3, -0.25) is 0 Å². The maximum Gasteiger partial charge on any atom is 0.244 e. The van der Waals surface area contributed by atoms with E-state index in [4.69, 9.17) is 21.6 Å². The van der Waals surface area contributed by atoms with Gasteiger partial charge in [0.05, 0.1) is 24.6 Å². The first-order chi connectivity index (χ1) is 8.84. The number of ether oxygens (including phenoxy) is 1. The van der Waals surface area contributed by atoms with Crippen molar-refractivity contribution in [3.8, 4) is 11.8 Å². The van der Waals surface area contributed by atoms with Crippen LogP contribution in [0.1, 0.15) is 13.3 Å². The van der Waals surface area contributed by atoms with Crippen LogP contribution in [0.5, 0.6) is 5.75 Å². The average Bonchev–Trinajstić information content (AvgIpc) is 2.38. The van der Waals surface area contributed by atoms with E-state index in [1.54, 1.807) is 13.0 Å². The van der Waals surface area contributed by atoms with Gasteiger partial charge in [-0.2, -0.15) is 9.57 Å². The molecule has 0 amide bonds. The lowest BCUT2D eigenvalue weighted by Gasteiger charge is -2.23. The van der Waals surface area contributed by atoms with Gasteiger partial charge >= 0.3 is 0 Å². The maximum atomic E-state index is 12.4. The molecule has 1 aromatic rings. The first kappa shape index (κ1) is 15.8. The molecule has 0 heterocycles. The Morgan fingerprint density at radius 2 is 2.16 bits per heavy atom. The lowest BCUT2D eigenvalue weighted by Crippen LogP contribution is -2.35. The monoisotopic (exact) mass is 302 g/mol. The molecule has 0 aliphatic rings. The second-order valence-corrected chi connectivity index (χ2v) is 6.40. The van der Waals surface area contributed by atoms with Crippen LogP contribution in [0, 0.1) is 11.3 Å². The van der Waals surface area contributed by atoms with Gasteiger partial charge in [-0.25, -0.2) is 8.42 Å². The highest BCUT2D eigenvalue weighted by molar-refractivity contribution is 7.89. The van der Waals surface area contributed by atoms with Gasteiger partial charge in [0.15, 0.2) is 0 Å². The van der Waals surface area contributed by atoms with Crippen molar-refractivity contribution in [2.75, 3.05) is 14.2 Å². The number of sulfonamides is 1. The summed E-state index contributed by atoms with van der Waals surface area (Å²) in [5.74, 6) is 0.407. The van der Waals surface area contributed by atoms with Gasteiger partial charge in [-0.05, 0) is 19.1 Å². The fraction of sp³-hybridized carbons (Fsp3) is 0.417. The second-order valence-electron chi connectivity index (χ2n) is 4.03. The zero-order chi connectivity index (χ0) is 14.6. The van der Waals surface area contributed by atoms with E-state index in [9.17, 15) is 8.42 Å². The number of hydrogen-bond acceptors (Lipinski definition) is 4. The second kappa shape index (κ2) is 6.24. The normalized spacial score (nSPS) is 13.1. The Morgan fingerprint density at radius 1 is 1.53 bits per heavy atom. The average molecular weight is 303 g/mol. The fourth-order valence-corrected chi connectivity index (χ4v) is 3.31. The number of nitriles is 1. The van der Waals surface area contributed by atoms with Crippen molar-refractivity contribution in [1.82, 2.24) is 4.31 Å². The van der Waals surface area contributed by atoms with E-state index in [0.717, 1.165) is 4.31 Å². The molecule has 0 bridgehead atoms. The molecule has 19 heavy (non-hydrogen) atoms. The van der Waals surface area contributed by atoms with Crippen LogP contribution in [0.2, 0.25) is 5.02 Å². The van der Waals surface area contributed by atoms with Gasteiger partial charge in [-0.1, -0.05) is 11.6 Å². The highest BCUT2D eigenvalue weighted by Crippen LogP contribution is 2.29. The summed E-state index contributed by atoms with van der Waals surface area (Å²) in [5, 5.41) is 8.76. The topological polar surface area (TPSA) is 70.4 Å². The SMILES string of the molecule is COc1ccc(Cl)c(S(=O)(=O)N(C)[C@H](C)CC#N)c1. The maximum absolute atomic E-state index is 12.4. The summed E-state index contributed by atoms with van der Waals surface area (Å²) in [5.41, 5.74) is 0. The van der Waals surface area contributed by atoms with Crippen LogP contribution < -0.4 is 4.74 Å². The number of rotatable bonds is 5. The predicted octanol–water partition coefficient (Wildman–Crippen LogP) is 2.27. The molecule has 0 N–H and O–H groups in total. The van der Waals surface area contributed by atoms with Crippen molar-refractivity contribution < 1.29 is 13.2 Å². The number of benzene rings is 1. The molecule has 1 rings (SSSR count).